The van der Waals surface area contributed by atoms with Crippen LogP contribution in [0.4, 0.5) is 0 Å². The Kier molecular flexibility index (Phi) is 3.46. The number of hydrogen-bond donors (Lipinski definition) is 0. The molecule has 1 aliphatic rings. The fourth-order valence-electron chi connectivity index (χ4n) is 1.82. The molecule has 1 aromatic heterocycles. The lowest BCUT2D eigenvalue weighted by Gasteiger charge is -2.05. The highest BCUT2D eigenvalue weighted by Gasteiger charge is 2.23. The summed E-state index contributed by atoms with van der Waals surface area (Å²) in [5.74, 6) is 1.51. The van der Waals surface area contributed by atoms with Gasteiger partial charge < -0.3 is 0 Å². The molecule has 3 nitrogen and oxygen atoms in total. The van der Waals surface area contributed by atoms with Crippen LogP contribution in [0.5, 0.6) is 0 Å². The molecule has 0 N–H and O–H groups in total. The minimum absolute atomic E-state index is 0.245. The molecule has 15 heavy (non-hydrogen) atoms. The average Bonchev–Trinajstić information content (AvgIpc) is 2.87. The van der Waals surface area contributed by atoms with Crippen molar-refractivity contribution in [1.29, 1.82) is 0 Å². The summed E-state index contributed by atoms with van der Waals surface area (Å²) in [5, 5.41) is 4.42. The standard InChI is InChI=1S/C11H16N2OS/c1-2-13-8-9(7-12-13)6-10(14)11-4-3-5-15-11/h7-8,11H,2-6H2,1H3. The number of Topliss-reactive ketones (excluding diaryl/α,β-unsaturated/α-hetero) is 1. The second kappa shape index (κ2) is 4.84. The minimum atomic E-state index is 0.245. The van der Waals surface area contributed by atoms with Gasteiger partial charge in [-0.2, -0.15) is 16.9 Å². The lowest BCUT2D eigenvalue weighted by molar-refractivity contribution is -0.117. The number of thioether (sulfide) groups is 1. The number of rotatable bonds is 4. The topological polar surface area (TPSA) is 34.9 Å². The predicted molar refractivity (Wildman–Crippen MR) is 62.1 cm³/mol. The van der Waals surface area contributed by atoms with E-state index in [1.165, 1.54) is 6.42 Å². The molecule has 0 spiro atoms. The maximum atomic E-state index is 11.9. The van der Waals surface area contributed by atoms with Crippen LogP contribution < -0.4 is 0 Å². The largest absolute Gasteiger partial charge is 0.298 e. The molecule has 0 radical (unpaired) electrons. The van der Waals surface area contributed by atoms with Crippen molar-refractivity contribution >= 4 is 17.5 Å². The van der Waals surface area contributed by atoms with E-state index in [1.807, 2.05) is 17.8 Å². The summed E-state index contributed by atoms with van der Waals surface area (Å²) in [7, 11) is 0. The Labute approximate surface area is 94.2 Å². The van der Waals surface area contributed by atoms with Gasteiger partial charge in [0, 0.05) is 19.2 Å². The van der Waals surface area contributed by atoms with Gasteiger partial charge in [0.1, 0.15) is 5.78 Å². The second-order valence-corrected chi connectivity index (χ2v) is 5.16. The molecular formula is C11H16N2OS. The molecule has 4 heteroatoms. The van der Waals surface area contributed by atoms with E-state index in [1.54, 1.807) is 18.0 Å². The van der Waals surface area contributed by atoms with Gasteiger partial charge in [0.05, 0.1) is 11.4 Å². The van der Waals surface area contributed by atoms with Crippen LogP contribution in [0.1, 0.15) is 25.3 Å². The van der Waals surface area contributed by atoms with Crippen molar-refractivity contribution in [1.82, 2.24) is 9.78 Å². The van der Waals surface area contributed by atoms with Crippen molar-refractivity contribution in [3.63, 3.8) is 0 Å². The Morgan fingerprint density at radius 3 is 3.20 bits per heavy atom. The van der Waals surface area contributed by atoms with Crippen LogP contribution in [-0.4, -0.2) is 26.6 Å². The predicted octanol–water partition coefficient (Wildman–Crippen LogP) is 1.91. The van der Waals surface area contributed by atoms with Crippen molar-refractivity contribution in [2.24, 2.45) is 0 Å². The summed E-state index contributed by atoms with van der Waals surface area (Å²) in [6.45, 7) is 2.91. The first-order valence-corrected chi connectivity index (χ1v) is 6.50. The number of aromatic nitrogens is 2. The summed E-state index contributed by atoms with van der Waals surface area (Å²) in [6.07, 6.45) is 6.58. The summed E-state index contributed by atoms with van der Waals surface area (Å²) < 4.78 is 1.87. The van der Waals surface area contributed by atoms with Crippen molar-refractivity contribution in [2.45, 2.75) is 38.0 Å². The molecule has 0 bridgehead atoms. The van der Waals surface area contributed by atoms with Gasteiger partial charge in [-0.25, -0.2) is 0 Å². The van der Waals surface area contributed by atoms with Crippen LogP contribution in [0.15, 0.2) is 12.4 Å². The van der Waals surface area contributed by atoms with Crippen LogP contribution in [0.2, 0.25) is 0 Å². The Morgan fingerprint density at radius 2 is 2.60 bits per heavy atom. The molecule has 0 saturated carbocycles. The molecule has 1 atom stereocenters. The Bertz CT molecular complexity index is 342. The number of nitrogens with zero attached hydrogens (tertiary/aromatic N) is 2. The first-order chi connectivity index (χ1) is 7.29. The van der Waals surface area contributed by atoms with Crippen LogP contribution in [0.3, 0.4) is 0 Å². The van der Waals surface area contributed by atoms with Crippen molar-refractivity contribution in [2.75, 3.05) is 5.75 Å². The molecule has 2 heterocycles. The van der Waals surface area contributed by atoms with Crippen LogP contribution in [0.25, 0.3) is 0 Å². The zero-order valence-corrected chi connectivity index (χ0v) is 9.80. The lowest BCUT2D eigenvalue weighted by atomic mass is 10.1. The highest BCUT2D eigenvalue weighted by atomic mass is 32.2. The van der Waals surface area contributed by atoms with Crippen molar-refractivity contribution < 1.29 is 4.79 Å². The third-order valence-corrected chi connectivity index (χ3v) is 4.10. The highest BCUT2D eigenvalue weighted by Crippen LogP contribution is 2.27. The Balaban J connectivity index is 1.92. The second-order valence-electron chi connectivity index (χ2n) is 3.85. The number of ketones is 1. The van der Waals surface area contributed by atoms with E-state index in [9.17, 15) is 4.79 Å². The first kappa shape index (κ1) is 10.7. The highest BCUT2D eigenvalue weighted by molar-refractivity contribution is 8.00. The fourth-order valence-corrected chi connectivity index (χ4v) is 3.04. The van der Waals surface area contributed by atoms with Gasteiger partial charge in [-0.3, -0.25) is 9.48 Å². The molecule has 1 aromatic rings. The SMILES string of the molecule is CCn1cc(CC(=O)C2CCCS2)cn1. The molecule has 0 aromatic carbocycles. The van der Waals surface area contributed by atoms with E-state index in [0.717, 1.165) is 24.3 Å². The summed E-state index contributed by atoms with van der Waals surface area (Å²) in [6, 6.07) is 0. The Hall–Kier alpha value is -0.770. The normalized spacial score (nSPS) is 20.7. The molecular weight excluding hydrogens is 208 g/mol. The third-order valence-electron chi connectivity index (χ3n) is 2.68. The summed E-state index contributed by atoms with van der Waals surface area (Å²) in [4.78, 5) is 11.9. The molecule has 0 aliphatic carbocycles. The van der Waals surface area contributed by atoms with E-state index in [-0.39, 0.29) is 5.25 Å². The van der Waals surface area contributed by atoms with Gasteiger partial charge in [-0.1, -0.05) is 0 Å². The zero-order valence-electron chi connectivity index (χ0n) is 8.98. The number of hydrogen-bond acceptors (Lipinski definition) is 3. The molecule has 1 aliphatic heterocycles. The van der Waals surface area contributed by atoms with Gasteiger partial charge in [0.25, 0.3) is 0 Å². The maximum absolute atomic E-state index is 11.9. The van der Waals surface area contributed by atoms with E-state index < -0.39 is 0 Å². The van der Waals surface area contributed by atoms with E-state index in [0.29, 0.717) is 12.2 Å². The van der Waals surface area contributed by atoms with Gasteiger partial charge in [-0.15, -0.1) is 0 Å². The molecule has 82 valence electrons. The minimum Gasteiger partial charge on any atom is -0.298 e. The Morgan fingerprint density at radius 1 is 1.73 bits per heavy atom. The third kappa shape index (κ3) is 2.62. The van der Waals surface area contributed by atoms with Gasteiger partial charge in [0.2, 0.25) is 0 Å². The molecule has 0 amide bonds. The van der Waals surface area contributed by atoms with Crippen LogP contribution in [-0.2, 0) is 17.8 Å². The number of carbonyl (C=O) groups excluding carboxylic acids is 1. The van der Waals surface area contributed by atoms with Gasteiger partial charge in [0.15, 0.2) is 0 Å². The molecule has 2 rings (SSSR count). The molecule has 1 fully saturated rings. The monoisotopic (exact) mass is 224 g/mol. The molecule has 1 saturated heterocycles. The smallest absolute Gasteiger partial charge is 0.150 e. The van der Waals surface area contributed by atoms with Gasteiger partial charge >= 0.3 is 0 Å². The van der Waals surface area contributed by atoms with Crippen LogP contribution >= 0.6 is 11.8 Å². The average molecular weight is 224 g/mol. The van der Waals surface area contributed by atoms with E-state index in [2.05, 4.69) is 5.10 Å². The lowest BCUT2D eigenvalue weighted by Crippen LogP contribution is -2.16. The van der Waals surface area contributed by atoms with Crippen LogP contribution in [0, 0.1) is 0 Å². The summed E-state index contributed by atoms with van der Waals surface area (Å²) >= 11 is 1.81. The van der Waals surface area contributed by atoms with Crippen molar-refractivity contribution in [3.05, 3.63) is 18.0 Å². The quantitative estimate of drug-likeness (QED) is 0.783. The number of aryl methyl sites for hydroxylation is 1. The van der Waals surface area contributed by atoms with E-state index >= 15 is 0 Å². The maximum Gasteiger partial charge on any atom is 0.150 e. The van der Waals surface area contributed by atoms with E-state index in [4.69, 9.17) is 0 Å². The fraction of sp³-hybridized carbons (Fsp3) is 0.636. The van der Waals surface area contributed by atoms with Gasteiger partial charge in [-0.05, 0) is 31.1 Å². The summed E-state index contributed by atoms with van der Waals surface area (Å²) in [5.41, 5.74) is 1.05. The first-order valence-electron chi connectivity index (χ1n) is 5.45. The van der Waals surface area contributed by atoms with Crippen molar-refractivity contribution in [3.8, 4) is 0 Å². The zero-order chi connectivity index (χ0) is 10.7. The molecule has 1 unspecified atom stereocenters. The number of carbonyl (C=O) groups is 1.